The minimum atomic E-state index is -0.460. The normalized spacial score (nSPS) is 10.5. The maximum atomic E-state index is 10.6. The summed E-state index contributed by atoms with van der Waals surface area (Å²) in [6.45, 7) is 0.155. The van der Waals surface area contributed by atoms with Crippen LogP contribution in [0.2, 0.25) is 5.02 Å². The molecule has 0 spiro atoms. The second-order valence-electron chi connectivity index (χ2n) is 4.58. The molecule has 3 aromatic rings. The fourth-order valence-corrected chi connectivity index (χ4v) is 2.10. The van der Waals surface area contributed by atoms with E-state index in [0.717, 1.165) is 5.56 Å². The number of non-ortho nitro benzene ring substituents is 1. The first-order valence-electron chi connectivity index (χ1n) is 6.58. The summed E-state index contributed by atoms with van der Waals surface area (Å²) >= 11 is 6.06. The van der Waals surface area contributed by atoms with Gasteiger partial charge in [0.1, 0.15) is 6.61 Å². The molecule has 7 nitrogen and oxygen atoms in total. The Bertz CT molecular complexity index is 833. The van der Waals surface area contributed by atoms with Gasteiger partial charge in [-0.05, 0) is 29.8 Å². The maximum absolute atomic E-state index is 10.6. The summed E-state index contributed by atoms with van der Waals surface area (Å²) in [5, 5.41) is 14.9. The van der Waals surface area contributed by atoms with E-state index in [1.54, 1.807) is 30.3 Å². The number of hydrogen-bond acceptors (Lipinski definition) is 6. The molecule has 0 aliphatic rings. The lowest BCUT2D eigenvalue weighted by atomic mass is 10.2. The van der Waals surface area contributed by atoms with E-state index >= 15 is 0 Å². The average molecular weight is 332 g/mol. The van der Waals surface area contributed by atoms with E-state index in [2.05, 4.69) is 10.1 Å². The molecule has 0 fully saturated rings. The predicted octanol–water partition coefficient (Wildman–Crippen LogP) is 3.88. The first-order chi connectivity index (χ1) is 11.1. The van der Waals surface area contributed by atoms with Crippen molar-refractivity contribution in [2.45, 2.75) is 6.61 Å². The van der Waals surface area contributed by atoms with Crippen molar-refractivity contribution >= 4 is 17.3 Å². The van der Waals surface area contributed by atoms with Crippen LogP contribution in [-0.4, -0.2) is 15.1 Å². The number of aromatic nitrogens is 2. The summed E-state index contributed by atoms with van der Waals surface area (Å²) in [4.78, 5) is 14.2. The Hall–Kier alpha value is -2.93. The summed E-state index contributed by atoms with van der Waals surface area (Å²) in [6, 6.07) is 13.1. The van der Waals surface area contributed by atoms with Crippen LogP contribution >= 0.6 is 11.6 Å². The van der Waals surface area contributed by atoms with Crippen LogP contribution in [0.3, 0.4) is 0 Å². The number of nitrogens with zero attached hydrogens (tertiary/aromatic N) is 3. The van der Waals surface area contributed by atoms with E-state index in [0.29, 0.717) is 16.4 Å². The fourth-order valence-electron chi connectivity index (χ4n) is 1.88. The largest absolute Gasteiger partial charge is 0.444 e. The van der Waals surface area contributed by atoms with Crippen molar-refractivity contribution < 1.29 is 14.2 Å². The molecule has 1 heterocycles. The summed E-state index contributed by atoms with van der Waals surface area (Å²) in [7, 11) is 0. The van der Waals surface area contributed by atoms with Gasteiger partial charge >= 0.3 is 6.08 Å². The highest BCUT2D eigenvalue weighted by molar-refractivity contribution is 6.33. The predicted molar refractivity (Wildman–Crippen MR) is 82.2 cm³/mol. The van der Waals surface area contributed by atoms with E-state index in [1.807, 2.05) is 6.07 Å². The van der Waals surface area contributed by atoms with Crippen LogP contribution in [0.1, 0.15) is 5.56 Å². The molecule has 23 heavy (non-hydrogen) atoms. The number of nitro benzene ring substituents is 1. The van der Waals surface area contributed by atoms with Crippen LogP contribution in [0.5, 0.6) is 6.08 Å². The quantitative estimate of drug-likeness (QED) is 0.520. The van der Waals surface area contributed by atoms with Gasteiger partial charge in [0.15, 0.2) is 0 Å². The Balaban J connectivity index is 1.68. The van der Waals surface area contributed by atoms with E-state index in [4.69, 9.17) is 20.9 Å². The first-order valence-corrected chi connectivity index (χ1v) is 6.96. The monoisotopic (exact) mass is 331 g/mol. The highest BCUT2D eigenvalue weighted by Gasteiger charge is 2.12. The molecule has 0 amide bonds. The van der Waals surface area contributed by atoms with Crippen molar-refractivity contribution in [3.8, 4) is 17.5 Å². The van der Waals surface area contributed by atoms with Gasteiger partial charge in [-0.25, -0.2) is 0 Å². The molecule has 8 heteroatoms. The van der Waals surface area contributed by atoms with Gasteiger partial charge in [0.2, 0.25) is 5.82 Å². The molecule has 0 N–H and O–H groups in total. The molecule has 1 aromatic heterocycles. The minimum Gasteiger partial charge on any atom is -0.444 e. The minimum absolute atomic E-state index is 0.00160. The first kappa shape index (κ1) is 15.0. The fraction of sp³-hybridized carbons (Fsp3) is 0.0667. The van der Waals surface area contributed by atoms with Gasteiger partial charge in [-0.2, -0.15) is 4.98 Å². The standard InChI is InChI=1S/C15H10ClN3O4/c16-13-4-2-1-3-12(13)14-17-15(23-18-14)22-9-10-5-7-11(8-6-10)19(20)21/h1-8H,9H2. The molecule has 0 atom stereocenters. The number of rotatable bonds is 5. The highest BCUT2D eigenvalue weighted by Crippen LogP contribution is 2.26. The average Bonchev–Trinajstić information content (AvgIpc) is 3.02. The second-order valence-corrected chi connectivity index (χ2v) is 4.98. The van der Waals surface area contributed by atoms with Gasteiger partial charge in [0, 0.05) is 17.7 Å². The molecule has 2 aromatic carbocycles. The van der Waals surface area contributed by atoms with Crippen LogP contribution in [-0.2, 0) is 6.61 Å². The Morgan fingerprint density at radius 2 is 1.91 bits per heavy atom. The molecular formula is C15H10ClN3O4. The van der Waals surface area contributed by atoms with Crippen LogP contribution in [0.15, 0.2) is 53.1 Å². The Morgan fingerprint density at radius 1 is 1.17 bits per heavy atom. The number of benzene rings is 2. The zero-order valence-electron chi connectivity index (χ0n) is 11.7. The van der Waals surface area contributed by atoms with E-state index < -0.39 is 4.92 Å². The lowest BCUT2D eigenvalue weighted by Crippen LogP contribution is -1.96. The molecule has 0 radical (unpaired) electrons. The van der Waals surface area contributed by atoms with E-state index in [9.17, 15) is 10.1 Å². The van der Waals surface area contributed by atoms with E-state index in [1.165, 1.54) is 12.1 Å². The zero-order valence-corrected chi connectivity index (χ0v) is 12.4. The number of hydrogen-bond donors (Lipinski definition) is 0. The smallest absolute Gasteiger partial charge is 0.417 e. The van der Waals surface area contributed by atoms with Gasteiger partial charge in [-0.15, -0.1) is 0 Å². The lowest BCUT2D eigenvalue weighted by Gasteiger charge is -2.00. The third-order valence-corrected chi connectivity index (χ3v) is 3.36. The van der Waals surface area contributed by atoms with Crippen molar-refractivity contribution in [1.82, 2.24) is 10.1 Å². The second kappa shape index (κ2) is 6.45. The van der Waals surface area contributed by atoms with Crippen molar-refractivity contribution in [3.05, 3.63) is 69.2 Å². The van der Waals surface area contributed by atoms with Gasteiger partial charge < -0.3 is 4.74 Å². The molecule has 116 valence electrons. The van der Waals surface area contributed by atoms with Crippen molar-refractivity contribution in [2.24, 2.45) is 0 Å². The van der Waals surface area contributed by atoms with Gasteiger partial charge in [0.25, 0.3) is 5.69 Å². The SMILES string of the molecule is O=[N+]([O-])c1ccc(COc2nc(-c3ccccc3Cl)no2)cc1. The maximum Gasteiger partial charge on any atom is 0.417 e. The molecule has 0 bridgehead atoms. The third kappa shape index (κ3) is 3.46. The number of ether oxygens (including phenoxy) is 1. The lowest BCUT2D eigenvalue weighted by molar-refractivity contribution is -0.384. The van der Waals surface area contributed by atoms with Gasteiger partial charge in [-0.1, -0.05) is 28.9 Å². The third-order valence-electron chi connectivity index (χ3n) is 3.03. The summed E-state index contributed by atoms with van der Waals surface area (Å²) in [5.41, 5.74) is 1.41. The molecule has 3 rings (SSSR count). The highest BCUT2D eigenvalue weighted by atomic mass is 35.5. The Morgan fingerprint density at radius 3 is 2.61 bits per heavy atom. The van der Waals surface area contributed by atoms with Crippen LogP contribution in [0.25, 0.3) is 11.4 Å². The van der Waals surface area contributed by atoms with Crippen LogP contribution in [0.4, 0.5) is 5.69 Å². The topological polar surface area (TPSA) is 91.3 Å². The zero-order chi connectivity index (χ0) is 16.2. The van der Waals surface area contributed by atoms with Crippen molar-refractivity contribution in [2.75, 3.05) is 0 Å². The molecular weight excluding hydrogens is 322 g/mol. The molecule has 0 saturated heterocycles. The summed E-state index contributed by atoms with van der Waals surface area (Å²) < 4.78 is 10.4. The van der Waals surface area contributed by atoms with Gasteiger partial charge in [-0.3, -0.25) is 14.6 Å². The number of nitro groups is 1. The molecule has 0 unspecified atom stereocenters. The Labute approximate surface area is 135 Å². The Kier molecular flexibility index (Phi) is 4.20. The van der Waals surface area contributed by atoms with Gasteiger partial charge in [0.05, 0.1) is 9.95 Å². The molecule has 0 aliphatic carbocycles. The van der Waals surface area contributed by atoms with E-state index in [-0.39, 0.29) is 18.4 Å². The molecule has 0 aliphatic heterocycles. The van der Waals surface area contributed by atoms with Crippen LogP contribution < -0.4 is 4.74 Å². The molecule has 0 saturated carbocycles. The van der Waals surface area contributed by atoms with Crippen molar-refractivity contribution in [3.63, 3.8) is 0 Å². The summed E-state index contributed by atoms with van der Waals surface area (Å²) in [5.74, 6) is 0.328. The van der Waals surface area contributed by atoms with Crippen LogP contribution in [0, 0.1) is 10.1 Å². The van der Waals surface area contributed by atoms with Crippen molar-refractivity contribution in [1.29, 1.82) is 0 Å². The summed E-state index contributed by atoms with van der Waals surface area (Å²) in [6.07, 6.45) is -0.00160. The number of halogens is 1.